The second-order valence-corrected chi connectivity index (χ2v) is 4.62. The zero-order chi connectivity index (χ0) is 17.7. The molecule has 0 radical (unpaired) electrons. The summed E-state index contributed by atoms with van der Waals surface area (Å²) in [7, 11) is 0. The lowest BCUT2D eigenvalue weighted by atomic mass is 10.00. The first-order valence-electron chi connectivity index (χ1n) is 6.65. The lowest BCUT2D eigenvalue weighted by Crippen LogP contribution is -2.18. The summed E-state index contributed by atoms with van der Waals surface area (Å²) >= 11 is 0. The second-order valence-electron chi connectivity index (χ2n) is 4.62. The monoisotopic (exact) mass is 346 g/mol. The lowest BCUT2D eigenvalue weighted by molar-refractivity contribution is -0.275. The van der Waals surface area contributed by atoms with E-state index < -0.39 is 30.9 Å². The number of aldehydes is 1. The van der Waals surface area contributed by atoms with Crippen LogP contribution in [0.3, 0.4) is 0 Å². The Morgan fingerprint density at radius 2 is 1.75 bits per heavy atom. The van der Waals surface area contributed by atoms with Gasteiger partial charge in [-0.1, -0.05) is 30.3 Å². The number of hydrogen-bond donors (Lipinski definition) is 0. The van der Waals surface area contributed by atoms with Crippen molar-refractivity contribution in [1.29, 1.82) is 0 Å². The van der Waals surface area contributed by atoms with Gasteiger partial charge in [-0.2, -0.15) is 0 Å². The third kappa shape index (κ3) is 4.68. The molecule has 0 fully saturated rings. The zero-order valence-electron chi connectivity index (χ0n) is 12.0. The van der Waals surface area contributed by atoms with Crippen molar-refractivity contribution in [2.24, 2.45) is 0 Å². The third-order valence-corrected chi connectivity index (χ3v) is 2.93. The Kier molecular flexibility index (Phi) is 5.38. The van der Waals surface area contributed by atoms with Gasteiger partial charge < -0.3 is 9.47 Å². The zero-order valence-corrected chi connectivity index (χ0v) is 12.0. The molecule has 0 aliphatic heterocycles. The fourth-order valence-electron chi connectivity index (χ4n) is 2.01. The van der Waals surface area contributed by atoms with Crippen LogP contribution in [0, 0.1) is 0 Å². The molecule has 0 bridgehead atoms. The summed E-state index contributed by atoms with van der Waals surface area (Å²) in [5, 5.41) is 0. The maximum Gasteiger partial charge on any atom is 0.573 e. The van der Waals surface area contributed by atoms with E-state index in [1.165, 1.54) is 12.1 Å². The van der Waals surface area contributed by atoms with Crippen LogP contribution in [0.5, 0.6) is 11.5 Å². The Hall–Kier alpha value is -2.64. The molecule has 0 aliphatic carbocycles. The number of benzene rings is 2. The maximum absolute atomic E-state index is 12.4. The molecule has 3 nitrogen and oxygen atoms in total. The summed E-state index contributed by atoms with van der Waals surface area (Å²) in [6.45, 7) is -1.09. The van der Waals surface area contributed by atoms with Gasteiger partial charge in [0.1, 0.15) is 6.61 Å². The average molecular weight is 346 g/mol. The van der Waals surface area contributed by atoms with Gasteiger partial charge in [-0.3, -0.25) is 4.79 Å². The predicted molar refractivity (Wildman–Crippen MR) is 75.4 cm³/mol. The van der Waals surface area contributed by atoms with Gasteiger partial charge in [0.15, 0.2) is 17.8 Å². The molecule has 24 heavy (non-hydrogen) atoms. The van der Waals surface area contributed by atoms with E-state index in [9.17, 15) is 26.7 Å². The first-order valence-corrected chi connectivity index (χ1v) is 6.65. The van der Waals surface area contributed by atoms with E-state index in [-0.39, 0.29) is 0 Å². The van der Waals surface area contributed by atoms with Crippen LogP contribution >= 0.6 is 0 Å². The quantitative estimate of drug-likeness (QED) is 0.561. The summed E-state index contributed by atoms with van der Waals surface area (Å²) in [6.07, 6.45) is -7.28. The van der Waals surface area contributed by atoms with Crippen LogP contribution in [0.2, 0.25) is 0 Å². The van der Waals surface area contributed by atoms with Gasteiger partial charge in [0, 0.05) is 5.56 Å². The minimum Gasteiger partial charge on any atom is -0.484 e. The highest BCUT2D eigenvalue weighted by Gasteiger charge is 2.32. The number of rotatable bonds is 6. The molecule has 0 saturated heterocycles. The standard InChI is InChI=1S/C16H11F5O3/c17-15(18)9-23-14-7-10(5-6-13(14)24-16(19,20)21)12-4-2-1-3-11(12)8-22/h1-8,15H,9H2. The average Bonchev–Trinajstić information content (AvgIpc) is 2.52. The molecule has 0 saturated carbocycles. The largest absolute Gasteiger partial charge is 0.573 e. The highest BCUT2D eigenvalue weighted by atomic mass is 19.4. The normalized spacial score (nSPS) is 11.4. The summed E-state index contributed by atoms with van der Waals surface area (Å²) in [5.74, 6) is -1.23. The number of halogens is 5. The highest BCUT2D eigenvalue weighted by Crippen LogP contribution is 2.36. The van der Waals surface area contributed by atoms with Crippen LogP contribution in [-0.4, -0.2) is 25.7 Å². The Labute approximate surface area is 133 Å². The molecule has 0 N–H and O–H groups in total. The molecule has 0 atom stereocenters. The number of hydrogen-bond acceptors (Lipinski definition) is 3. The van der Waals surface area contributed by atoms with Gasteiger partial charge >= 0.3 is 6.36 Å². The van der Waals surface area contributed by atoms with Gasteiger partial charge in [-0.25, -0.2) is 8.78 Å². The molecule has 0 amide bonds. The highest BCUT2D eigenvalue weighted by molar-refractivity contribution is 5.87. The molecule has 0 aromatic heterocycles. The Morgan fingerprint density at radius 3 is 2.38 bits per heavy atom. The number of alkyl halides is 5. The van der Waals surface area contributed by atoms with Crippen LogP contribution in [0.15, 0.2) is 42.5 Å². The molecule has 0 unspecified atom stereocenters. The minimum absolute atomic E-state index is 0.293. The molecule has 128 valence electrons. The first kappa shape index (κ1) is 17.7. The molecule has 2 aromatic carbocycles. The van der Waals surface area contributed by atoms with E-state index in [1.807, 2.05) is 0 Å². The summed E-state index contributed by atoms with van der Waals surface area (Å²) in [6, 6.07) is 9.67. The van der Waals surface area contributed by atoms with Gasteiger partial charge in [0.25, 0.3) is 6.43 Å². The van der Waals surface area contributed by atoms with Crippen molar-refractivity contribution in [2.75, 3.05) is 6.61 Å². The fraction of sp³-hybridized carbons (Fsp3) is 0.188. The van der Waals surface area contributed by atoms with E-state index in [2.05, 4.69) is 4.74 Å². The van der Waals surface area contributed by atoms with Crippen LogP contribution in [0.4, 0.5) is 22.0 Å². The van der Waals surface area contributed by atoms with Gasteiger partial charge in [-0.05, 0) is 23.3 Å². The van der Waals surface area contributed by atoms with Gasteiger partial charge in [-0.15, -0.1) is 13.2 Å². The van der Waals surface area contributed by atoms with Gasteiger partial charge in [0.2, 0.25) is 0 Å². The SMILES string of the molecule is O=Cc1ccccc1-c1ccc(OC(F)(F)F)c(OCC(F)F)c1. The Morgan fingerprint density at radius 1 is 1.04 bits per heavy atom. The molecule has 8 heteroatoms. The van der Waals surface area contributed by atoms with E-state index in [0.717, 1.165) is 12.1 Å². The Balaban J connectivity index is 2.44. The van der Waals surface area contributed by atoms with Crippen molar-refractivity contribution in [2.45, 2.75) is 12.8 Å². The van der Waals surface area contributed by atoms with Crippen LogP contribution in [0.1, 0.15) is 10.4 Å². The molecule has 0 heterocycles. The predicted octanol–water partition coefficient (Wildman–Crippen LogP) is 4.71. The van der Waals surface area contributed by atoms with E-state index in [0.29, 0.717) is 23.0 Å². The molecular formula is C16H11F5O3. The minimum atomic E-state index is -4.99. The van der Waals surface area contributed by atoms with Crippen molar-refractivity contribution in [3.05, 3.63) is 48.0 Å². The smallest absolute Gasteiger partial charge is 0.484 e. The molecular weight excluding hydrogens is 335 g/mol. The topological polar surface area (TPSA) is 35.5 Å². The molecule has 0 aliphatic rings. The number of carbonyl (C=O) groups excluding carboxylic acids is 1. The van der Waals surface area contributed by atoms with E-state index >= 15 is 0 Å². The van der Waals surface area contributed by atoms with Crippen LogP contribution < -0.4 is 9.47 Å². The third-order valence-electron chi connectivity index (χ3n) is 2.93. The summed E-state index contributed by atoms with van der Waals surface area (Å²) < 4.78 is 70.3. The van der Waals surface area contributed by atoms with Crippen LogP contribution in [0.25, 0.3) is 11.1 Å². The van der Waals surface area contributed by atoms with Crippen molar-refractivity contribution in [3.63, 3.8) is 0 Å². The van der Waals surface area contributed by atoms with Crippen molar-refractivity contribution in [1.82, 2.24) is 0 Å². The maximum atomic E-state index is 12.4. The fourth-order valence-corrected chi connectivity index (χ4v) is 2.01. The van der Waals surface area contributed by atoms with Crippen molar-refractivity contribution < 1.29 is 36.2 Å². The molecule has 0 spiro atoms. The first-order chi connectivity index (χ1) is 11.3. The summed E-state index contributed by atoms with van der Waals surface area (Å²) in [4.78, 5) is 11.1. The second kappa shape index (κ2) is 7.29. The van der Waals surface area contributed by atoms with Crippen molar-refractivity contribution >= 4 is 6.29 Å². The lowest BCUT2D eigenvalue weighted by Gasteiger charge is -2.15. The molecule has 2 aromatic rings. The summed E-state index contributed by atoms with van der Waals surface area (Å²) in [5.41, 5.74) is 1.05. The van der Waals surface area contributed by atoms with Crippen molar-refractivity contribution in [3.8, 4) is 22.6 Å². The van der Waals surface area contributed by atoms with E-state index in [4.69, 9.17) is 4.74 Å². The van der Waals surface area contributed by atoms with E-state index in [1.54, 1.807) is 18.2 Å². The number of carbonyl (C=O) groups is 1. The molecule has 2 rings (SSSR count). The van der Waals surface area contributed by atoms with Gasteiger partial charge in [0.05, 0.1) is 0 Å². The Bertz CT molecular complexity index is 713. The van der Waals surface area contributed by atoms with Crippen LogP contribution in [-0.2, 0) is 0 Å². The number of ether oxygens (including phenoxy) is 2.